The second-order valence-electron chi connectivity index (χ2n) is 7.74. The maximum absolute atomic E-state index is 12.9. The van der Waals surface area contributed by atoms with Crippen LogP contribution < -0.4 is 5.32 Å². The minimum absolute atomic E-state index is 0.219. The molecule has 1 aliphatic rings. The molecule has 4 rings (SSSR count). The molecule has 1 aromatic heterocycles. The molecular formula is C25H25NO4S. The molecule has 0 bridgehead atoms. The number of amides is 1. The van der Waals surface area contributed by atoms with Crippen molar-refractivity contribution < 1.29 is 19.1 Å². The molecule has 0 saturated carbocycles. The lowest BCUT2D eigenvalue weighted by Crippen LogP contribution is -2.27. The Morgan fingerprint density at radius 2 is 1.71 bits per heavy atom. The number of rotatable bonds is 6. The molecule has 160 valence electrons. The number of ether oxygens (including phenoxy) is 2. The topological polar surface area (TPSA) is 64.6 Å². The van der Waals surface area contributed by atoms with Crippen LogP contribution in [0.15, 0.2) is 60.0 Å². The standard InChI is InChI=1S/C25H25NO4S/c1-16(2)30-25(28)22-20(15-31-24(22)26-23(27)21-9-6-14-29-21)19-12-10-18(11-13-19)17-7-4-3-5-8-17/h3-5,7-8,10-13,15-16,21H,6,9,14H2,1-2H3,(H,26,27)/t21-/m0/s1. The monoisotopic (exact) mass is 435 g/mol. The van der Waals surface area contributed by atoms with E-state index in [0.717, 1.165) is 28.7 Å². The van der Waals surface area contributed by atoms with Gasteiger partial charge >= 0.3 is 5.97 Å². The van der Waals surface area contributed by atoms with E-state index in [1.54, 1.807) is 0 Å². The number of nitrogens with one attached hydrogen (secondary N) is 1. The predicted molar refractivity (Wildman–Crippen MR) is 123 cm³/mol. The van der Waals surface area contributed by atoms with Gasteiger partial charge in [0.1, 0.15) is 16.7 Å². The van der Waals surface area contributed by atoms with E-state index in [4.69, 9.17) is 9.47 Å². The fourth-order valence-electron chi connectivity index (χ4n) is 3.59. The van der Waals surface area contributed by atoms with Crippen molar-refractivity contribution in [1.29, 1.82) is 0 Å². The van der Waals surface area contributed by atoms with E-state index in [9.17, 15) is 9.59 Å². The Kier molecular flexibility index (Phi) is 6.49. The van der Waals surface area contributed by atoms with Gasteiger partial charge in [0.25, 0.3) is 5.91 Å². The van der Waals surface area contributed by atoms with Crippen molar-refractivity contribution in [3.63, 3.8) is 0 Å². The normalized spacial score (nSPS) is 15.8. The van der Waals surface area contributed by atoms with Crippen LogP contribution >= 0.6 is 11.3 Å². The number of hydrogen-bond acceptors (Lipinski definition) is 5. The molecule has 1 amide bonds. The van der Waals surface area contributed by atoms with Gasteiger partial charge in [-0.15, -0.1) is 11.3 Å². The van der Waals surface area contributed by atoms with Crippen molar-refractivity contribution >= 4 is 28.2 Å². The van der Waals surface area contributed by atoms with E-state index >= 15 is 0 Å². The van der Waals surface area contributed by atoms with E-state index in [0.29, 0.717) is 23.6 Å². The number of esters is 1. The molecule has 6 heteroatoms. The molecule has 2 heterocycles. The smallest absolute Gasteiger partial charge is 0.342 e. The average Bonchev–Trinajstić information content (AvgIpc) is 3.44. The van der Waals surface area contributed by atoms with Gasteiger partial charge < -0.3 is 14.8 Å². The van der Waals surface area contributed by atoms with Gasteiger partial charge in [0.05, 0.1) is 6.10 Å². The van der Waals surface area contributed by atoms with Crippen molar-refractivity contribution in [2.45, 2.75) is 38.9 Å². The summed E-state index contributed by atoms with van der Waals surface area (Å²) in [5, 5.41) is 5.27. The Morgan fingerprint density at radius 1 is 1.03 bits per heavy atom. The van der Waals surface area contributed by atoms with Crippen LogP contribution in [-0.4, -0.2) is 30.7 Å². The molecule has 1 N–H and O–H groups in total. The number of anilines is 1. The first-order chi connectivity index (χ1) is 15.0. The largest absolute Gasteiger partial charge is 0.459 e. The second kappa shape index (κ2) is 9.45. The molecule has 0 unspecified atom stereocenters. The highest BCUT2D eigenvalue weighted by Crippen LogP contribution is 2.37. The number of benzene rings is 2. The highest BCUT2D eigenvalue weighted by Gasteiger charge is 2.28. The maximum Gasteiger partial charge on any atom is 0.342 e. The lowest BCUT2D eigenvalue weighted by atomic mass is 9.99. The predicted octanol–water partition coefficient (Wildman–Crippen LogP) is 5.76. The van der Waals surface area contributed by atoms with Crippen molar-refractivity contribution in [2.75, 3.05) is 11.9 Å². The fourth-order valence-corrected chi connectivity index (χ4v) is 4.55. The third-order valence-electron chi connectivity index (χ3n) is 5.10. The zero-order valence-electron chi connectivity index (χ0n) is 17.6. The molecule has 3 aromatic rings. The summed E-state index contributed by atoms with van der Waals surface area (Å²) >= 11 is 1.33. The Bertz CT molecular complexity index is 1050. The van der Waals surface area contributed by atoms with Gasteiger partial charge in [0, 0.05) is 17.6 Å². The quantitative estimate of drug-likeness (QED) is 0.500. The van der Waals surface area contributed by atoms with Crippen LogP contribution in [0.25, 0.3) is 22.3 Å². The molecular weight excluding hydrogens is 410 g/mol. The lowest BCUT2D eigenvalue weighted by Gasteiger charge is -2.13. The first kappa shape index (κ1) is 21.3. The Balaban J connectivity index is 1.65. The summed E-state index contributed by atoms with van der Waals surface area (Å²) in [6.07, 6.45) is 0.827. The molecule has 5 nitrogen and oxygen atoms in total. The van der Waals surface area contributed by atoms with Crippen LogP contribution in [0.5, 0.6) is 0 Å². The van der Waals surface area contributed by atoms with Gasteiger partial charge in [-0.2, -0.15) is 0 Å². The second-order valence-corrected chi connectivity index (χ2v) is 8.62. The van der Waals surface area contributed by atoms with Gasteiger partial charge in [-0.1, -0.05) is 54.6 Å². The van der Waals surface area contributed by atoms with Crippen molar-refractivity contribution in [3.8, 4) is 22.3 Å². The fraction of sp³-hybridized carbons (Fsp3) is 0.280. The molecule has 1 atom stereocenters. The molecule has 1 saturated heterocycles. The molecule has 0 spiro atoms. The van der Waals surface area contributed by atoms with Crippen LogP contribution in [0.4, 0.5) is 5.00 Å². The summed E-state index contributed by atoms with van der Waals surface area (Å²) in [7, 11) is 0. The molecule has 2 aromatic carbocycles. The zero-order valence-corrected chi connectivity index (χ0v) is 18.4. The highest BCUT2D eigenvalue weighted by molar-refractivity contribution is 7.15. The van der Waals surface area contributed by atoms with Gasteiger partial charge in [-0.3, -0.25) is 4.79 Å². The average molecular weight is 436 g/mol. The lowest BCUT2D eigenvalue weighted by molar-refractivity contribution is -0.124. The minimum Gasteiger partial charge on any atom is -0.459 e. The summed E-state index contributed by atoms with van der Waals surface area (Å²) in [6, 6.07) is 18.2. The van der Waals surface area contributed by atoms with Gasteiger partial charge in [0.15, 0.2) is 0 Å². The van der Waals surface area contributed by atoms with E-state index in [-0.39, 0.29) is 12.0 Å². The number of carbonyl (C=O) groups excluding carboxylic acids is 2. The Morgan fingerprint density at radius 3 is 2.35 bits per heavy atom. The van der Waals surface area contributed by atoms with Crippen LogP contribution in [0, 0.1) is 0 Å². The van der Waals surface area contributed by atoms with Crippen LogP contribution in [0.2, 0.25) is 0 Å². The summed E-state index contributed by atoms with van der Waals surface area (Å²) in [4.78, 5) is 25.5. The van der Waals surface area contributed by atoms with E-state index in [2.05, 4.69) is 17.4 Å². The first-order valence-electron chi connectivity index (χ1n) is 10.4. The highest BCUT2D eigenvalue weighted by atomic mass is 32.1. The van der Waals surface area contributed by atoms with Gasteiger partial charge in [0.2, 0.25) is 0 Å². The van der Waals surface area contributed by atoms with Crippen molar-refractivity contribution in [2.24, 2.45) is 0 Å². The minimum atomic E-state index is -0.468. The maximum atomic E-state index is 12.9. The summed E-state index contributed by atoms with van der Waals surface area (Å²) < 4.78 is 11.0. The zero-order chi connectivity index (χ0) is 21.8. The van der Waals surface area contributed by atoms with Crippen molar-refractivity contribution in [3.05, 3.63) is 65.5 Å². The summed E-state index contributed by atoms with van der Waals surface area (Å²) in [5.41, 5.74) is 4.25. The number of hydrogen-bond donors (Lipinski definition) is 1. The number of thiophene rings is 1. The van der Waals surface area contributed by atoms with Crippen LogP contribution in [0.1, 0.15) is 37.0 Å². The van der Waals surface area contributed by atoms with Crippen molar-refractivity contribution in [1.82, 2.24) is 0 Å². The van der Waals surface area contributed by atoms with E-state index in [1.807, 2.05) is 61.7 Å². The first-order valence-corrected chi connectivity index (χ1v) is 11.3. The van der Waals surface area contributed by atoms with E-state index < -0.39 is 12.1 Å². The summed E-state index contributed by atoms with van der Waals surface area (Å²) in [5.74, 6) is -0.662. The molecule has 31 heavy (non-hydrogen) atoms. The Labute approximate surface area is 186 Å². The third-order valence-corrected chi connectivity index (χ3v) is 6.00. The molecule has 0 radical (unpaired) electrons. The third kappa shape index (κ3) is 4.86. The molecule has 1 aliphatic heterocycles. The SMILES string of the molecule is CC(C)OC(=O)c1c(-c2ccc(-c3ccccc3)cc2)csc1NC(=O)[C@@H]1CCCO1. The number of carbonyl (C=O) groups is 2. The van der Waals surface area contributed by atoms with Crippen LogP contribution in [-0.2, 0) is 14.3 Å². The summed E-state index contributed by atoms with van der Waals surface area (Å²) in [6.45, 7) is 4.20. The van der Waals surface area contributed by atoms with Gasteiger partial charge in [-0.25, -0.2) is 4.79 Å². The van der Waals surface area contributed by atoms with Crippen LogP contribution in [0.3, 0.4) is 0 Å². The molecule has 1 fully saturated rings. The van der Waals surface area contributed by atoms with E-state index in [1.165, 1.54) is 11.3 Å². The Hall–Kier alpha value is -2.96. The van der Waals surface area contributed by atoms with Gasteiger partial charge in [-0.05, 0) is 43.4 Å². The molecule has 0 aliphatic carbocycles.